The molecule has 24 heteroatoms. The third-order valence-electron chi connectivity index (χ3n) is 19.1. The van der Waals surface area contributed by atoms with Crippen LogP contribution in [-0.4, -0.2) is 108 Å². The quantitative estimate of drug-likeness (QED) is 0.0288. The van der Waals surface area contributed by atoms with Gasteiger partial charge in [-0.25, -0.2) is 19.0 Å². The summed E-state index contributed by atoms with van der Waals surface area (Å²) >= 11 is 0. The molecule has 0 aliphatic carbocycles. The van der Waals surface area contributed by atoms with Crippen molar-refractivity contribution in [3.05, 3.63) is 190 Å². The molecular formula is C88H124Lu2N6O8P4Si4. The maximum Gasteiger partial charge on any atom is 3.00 e. The molecule has 10 aromatic rings. The van der Waals surface area contributed by atoms with E-state index < -0.39 is 61.4 Å². The summed E-state index contributed by atoms with van der Waals surface area (Å²) in [5.74, 6) is 4.73. The van der Waals surface area contributed by atoms with Crippen LogP contribution in [0, 0.1) is 101 Å². The second-order valence-electron chi connectivity index (χ2n) is 36.2. The van der Waals surface area contributed by atoms with Gasteiger partial charge in [-0.2, -0.15) is 0 Å². The van der Waals surface area contributed by atoms with Crippen molar-refractivity contribution in [1.29, 1.82) is 0 Å². The number of hydrogen-bond donors (Lipinski definition) is 0. The van der Waals surface area contributed by atoms with E-state index in [0.717, 1.165) is 133 Å². The summed E-state index contributed by atoms with van der Waals surface area (Å²) < 4.78 is 49.9. The number of fused-ring (bicyclic) bond motifs is 6. The van der Waals surface area contributed by atoms with Gasteiger partial charge in [0.2, 0.25) is 0 Å². The minimum atomic E-state index is -2.82. The molecule has 620 valence electrons. The maximum atomic E-state index is 12.2. The van der Waals surface area contributed by atoms with Gasteiger partial charge in [-0.3, -0.25) is 0 Å². The van der Waals surface area contributed by atoms with Crippen LogP contribution in [0.25, 0.3) is 43.6 Å². The molecule has 0 amide bonds. The zero-order valence-corrected chi connectivity index (χ0v) is 81.8. The summed E-state index contributed by atoms with van der Waals surface area (Å²) in [4.78, 5) is 11.2. The number of nitrogens with zero attached hydrogens (tertiary/aromatic N) is 6. The molecule has 2 heterocycles. The van der Waals surface area contributed by atoms with Crippen LogP contribution >= 0.6 is 29.1 Å². The molecule has 0 bridgehead atoms. The molecule has 0 saturated heterocycles. The fraction of sp³-hybridized carbons (Fsp3) is 0.455. The standard InChI is InChI=1S/2C44H62N3O4P2Si2.2Lu/c2*1-31(2)35-13-17-37(18-14-35)46-52(50-23-21-48,29-54(7,8)9)41-27-33(5)25-39-40-26-34(6)28-42(44(40)45-43(39)41)53(51-24-22-49,30-55(10,11)12)47-38-19-15-36(16-20-38)32(3)4;;/h2*13-20,25-28,31-32H,21-24,29-30H2,1-12H3;;/q2*-3;2*+3/t52-,53+;52-,53-;;/m.1../s1. The molecule has 8 aromatic carbocycles. The van der Waals surface area contributed by atoms with Crippen molar-refractivity contribution in [2.24, 2.45) is 19.0 Å². The second-order valence-corrected chi connectivity index (χ2v) is 71.1. The molecule has 4 atom stereocenters. The van der Waals surface area contributed by atoms with Gasteiger partial charge < -0.3 is 48.5 Å². The molecule has 0 spiro atoms. The zero-order chi connectivity index (χ0) is 80.7. The number of rotatable bonds is 32. The molecule has 0 fully saturated rings. The van der Waals surface area contributed by atoms with Crippen molar-refractivity contribution in [3.63, 3.8) is 0 Å². The number of hydrogen-bond acceptors (Lipinski definition) is 12. The van der Waals surface area contributed by atoms with E-state index in [2.05, 4.69) is 307 Å². The average molecular weight is 1980 g/mol. The molecule has 0 N–H and O–H groups in total. The third-order valence-corrected chi connectivity index (χ3v) is 50.2. The molecule has 10 rings (SSSR count). The fourth-order valence-electron chi connectivity index (χ4n) is 14.7. The van der Waals surface area contributed by atoms with Gasteiger partial charge in [-0.1, -0.05) is 207 Å². The molecular weight excluding hydrogens is 1860 g/mol. The van der Waals surface area contributed by atoms with Crippen LogP contribution in [0.15, 0.2) is 165 Å². The van der Waals surface area contributed by atoms with E-state index in [0.29, 0.717) is 23.7 Å². The van der Waals surface area contributed by atoms with E-state index >= 15 is 0 Å². The number of aromatic nitrogens is 2. The number of benzene rings is 8. The van der Waals surface area contributed by atoms with Crippen LogP contribution in [0.5, 0.6) is 0 Å². The van der Waals surface area contributed by atoms with Crippen molar-refractivity contribution in [2.75, 3.05) is 76.0 Å². The Bertz CT molecular complexity index is 4450. The van der Waals surface area contributed by atoms with Gasteiger partial charge in [-0.05, 0) is 190 Å². The smallest absolute Gasteiger partial charge is 0.853 e. The molecule has 0 radical (unpaired) electrons. The van der Waals surface area contributed by atoms with Crippen molar-refractivity contribution >= 4 is 149 Å². The minimum Gasteiger partial charge on any atom is -0.853 e. The Morgan fingerprint density at radius 2 is 0.464 bits per heavy atom. The predicted octanol–water partition coefficient (Wildman–Crippen LogP) is 20.9. The summed E-state index contributed by atoms with van der Waals surface area (Å²) in [6.45, 7) is 53.2. The Morgan fingerprint density at radius 1 is 0.295 bits per heavy atom. The van der Waals surface area contributed by atoms with E-state index in [1.165, 1.54) is 22.3 Å². The van der Waals surface area contributed by atoms with E-state index in [1.807, 2.05) is 0 Å². The Kier molecular flexibility index (Phi) is 34.9. The van der Waals surface area contributed by atoms with Crippen molar-refractivity contribution < 1.29 is 112 Å². The van der Waals surface area contributed by atoms with Crippen molar-refractivity contribution in [1.82, 2.24) is 9.97 Å². The summed E-state index contributed by atoms with van der Waals surface area (Å²) in [5, 5.41) is 57.0. The van der Waals surface area contributed by atoms with Gasteiger partial charge in [0.1, 0.15) is 29.1 Å². The Morgan fingerprint density at radius 3 is 0.607 bits per heavy atom. The van der Waals surface area contributed by atoms with Gasteiger partial charge in [0.05, 0.1) is 55.0 Å². The van der Waals surface area contributed by atoms with Gasteiger partial charge >= 0.3 is 73.7 Å². The van der Waals surface area contributed by atoms with Gasteiger partial charge in [0.25, 0.3) is 0 Å². The molecule has 2 aromatic heterocycles. The van der Waals surface area contributed by atoms with Crippen molar-refractivity contribution in [3.8, 4) is 0 Å². The maximum absolute atomic E-state index is 12.2. The third kappa shape index (κ3) is 24.8. The first-order chi connectivity index (χ1) is 51.6. The van der Waals surface area contributed by atoms with Gasteiger partial charge in [0.15, 0.2) is 0 Å². The first-order valence-corrected chi connectivity index (χ1v) is 61.6. The summed E-state index contributed by atoms with van der Waals surface area (Å²) in [6.07, 6.45) is 0. The van der Waals surface area contributed by atoms with E-state index in [9.17, 15) is 20.4 Å². The first-order valence-electron chi connectivity index (χ1n) is 39.4. The van der Waals surface area contributed by atoms with Crippen LogP contribution in [-0.2, 0) is 18.1 Å². The largest absolute Gasteiger partial charge is 3.00 e. The van der Waals surface area contributed by atoms with Crippen LogP contribution in [0.1, 0.15) is 124 Å². The molecule has 0 aliphatic heterocycles. The van der Waals surface area contributed by atoms with Crippen LogP contribution in [0.2, 0.25) is 78.6 Å². The molecule has 0 unspecified atom stereocenters. The average Bonchev–Trinajstić information content (AvgIpc) is 1.56. The normalized spacial score (nSPS) is 14.6. The SMILES string of the molecule is Cc1cc([P@@](C[Si](C)(C)C)(=Nc2ccc(C(C)C)cc2)OCC[O-])c2[n-]c3c([P@](C[Si](C)(C)C)(=Nc4ccc(C(C)C)cc4)OCC[O-])cc(C)cc3c2c1.Cc1cc([P@](C[Si](C)(C)C)(=Nc2ccc(C(C)C)cc2)OCC[O-])c2[n-]c3c([P@](C[Si](C)(C)C)(=Nc4ccc(C(C)C)cc4)OCC[O-])cc(C)cc3c2c1.[Lu+3].[Lu+3]. The molecule has 14 nitrogen and oxygen atoms in total. The van der Waals surface area contributed by atoms with E-state index in [1.54, 1.807) is 0 Å². The molecule has 112 heavy (non-hydrogen) atoms. The summed E-state index contributed by atoms with van der Waals surface area (Å²) in [7, 11) is -18.7. The Hall–Kier alpha value is -2.70. The van der Waals surface area contributed by atoms with Crippen molar-refractivity contribution in [2.45, 2.75) is 185 Å². The van der Waals surface area contributed by atoms with Crippen LogP contribution < -0.4 is 51.6 Å². The Balaban J connectivity index is 0.000000305. The van der Waals surface area contributed by atoms with Crippen LogP contribution in [0.3, 0.4) is 0 Å². The van der Waals surface area contributed by atoms with E-state index in [-0.39, 0.29) is 127 Å². The monoisotopic (exact) mass is 1980 g/mol. The van der Waals surface area contributed by atoms with Crippen LogP contribution in [0.4, 0.5) is 22.7 Å². The second kappa shape index (κ2) is 40.6. The zero-order valence-electron chi connectivity index (χ0n) is 70.9. The van der Waals surface area contributed by atoms with Gasteiger partial charge in [0, 0.05) is 70.8 Å². The summed E-state index contributed by atoms with van der Waals surface area (Å²) in [6, 6.07) is 51.7. The van der Waals surface area contributed by atoms with Gasteiger partial charge in [-0.15, -0.1) is 48.5 Å². The molecule has 0 saturated carbocycles. The van der Waals surface area contributed by atoms with E-state index in [4.69, 9.17) is 47.0 Å². The first kappa shape index (κ1) is 96.4. The number of aryl methyl sites for hydroxylation is 4. The topological polar surface area (TPSA) is 207 Å². The minimum absolute atomic E-state index is 0. The summed E-state index contributed by atoms with van der Waals surface area (Å²) in [5.41, 5.74) is 16.3. The Labute approximate surface area is 734 Å². The predicted molar refractivity (Wildman–Crippen MR) is 481 cm³/mol. The molecule has 0 aliphatic rings. The fourth-order valence-corrected chi connectivity index (χ4v) is 48.9.